The monoisotopic (exact) mass is 360 g/mol. The van der Waals surface area contributed by atoms with Crippen LogP contribution in [0.25, 0.3) is 0 Å². The van der Waals surface area contributed by atoms with E-state index in [1.807, 2.05) is 0 Å². The molecule has 0 spiro atoms. The molecule has 0 amide bonds. The van der Waals surface area contributed by atoms with Gasteiger partial charge in [0.15, 0.2) is 0 Å². The Morgan fingerprint density at radius 1 is 1.29 bits per heavy atom. The molecule has 0 saturated heterocycles. The fraction of sp³-hybridized carbons (Fsp3) is 0.444. The summed E-state index contributed by atoms with van der Waals surface area (Å²) in [4.78, 5) is 0. The van der Waals surface area contributed by atoms with E-state index in [1.54, 1.807) is 0 Å². The van der Waals surface area contributed by atoms with Crippen LogP contribution in [0.2, 0.25) is 0 Å². The van der Waals surface area contributed by atoms with Crippen LogP contribution in [-0.4, -0.2) is 4.31 Å². The summed E-state index contributed by atoms with van der Waals surface area (Å²) in [6.07, 6.45) is 17.5. The van der Waals surface area contributed by atoms with Crippen LogP contribution >= 0.6 is 0 Å². The molecule has 0 unspecified atom stereocenters. The number of unbranched alkanes of at least 4 members (excludes halogenated alkanes) is 1. The van der Waals surface area contributed by atoms with E-state index in [1.165, 1.54) is 29.6 Å². The molecule has 2 aliphatic carbocycles. The first-order valence-corrected chi connectivity index (χ1v) is 7.93. The van der Waals surface area contributed by atoms with Crippen molar-refractivity contribution in [2.45, 2.75) is 52.9 Å². The Labute approximate surface area is 155 Å². The van der Waals surface area contributed by atoms with Crippen molar-refractivity contribution in [3.8, 4) is 0 Å². The first-order chi connectivity index (χ1) is 9.13. The van der Waals surface area contributed by atoms with Crippen molar-refractivity contribution in [3.63, 3.8) is 0 Å². The Morgan fingerprint density at radius 3 is 2.10 bits per heavy atom. The molecule has 0 nitrogen and oxygen atoms in total. The van der Waals surface area contributed by atoms with Gasteiger partial charge in [-0.1, -0.05) is 44.1 Å². The fourth-order valence-corrected chi connectivity index (χ4v) is 2.02. The van der Waals surface area contributed by atoms with Gasteiger partial charge in [0.2, 0.25) is 0 Å². The molecule has 0 aromatic heterocycles. The molecular weight excluding hydrogens is 335 g/mol. The largest absolute Gasteiger partial charge is 1.00 e. The second-order valence-electron chi connectivity index (χ2n) is 4.70. The molecule has 118 valence electrons. The minimum absolute atomic E-state index is 0. The van der Waals surface area contributed by atoms with Crippen LogP contribution in [0.4, 0.5) is 0 Å². The fourth-order valence-electron chi connectivity index (χ4n) is 1.57. The van der Waals surface area contributed by atoms with E-state index in [4.69, 9.17) is 0 Å². The van der Waals surface area contributed by atoms with Crippen LogP contribution in [-0.2, 0) is 20.0 Å². The molecular formula is C18H26Cl2Ti-2. The summed E-state index contributed by atoms with van der Waals surface area (Å²) in [7, 11) is 0. The number of hydrogen-bond donors (Lipinski definition) is 0. The SMILES string of the molecule is CC1=[C-]C(C)=CC1.CCC[CH]=[Ti+2].[CH2-]CC1=CC=CC1.[Cl-].[Cl-]. The minimum Gasteiger partial charge on any atom is -1.00 e. The molecule has 21 heavy (non-hydrogen) atoms. The van der Waals surface area contributed by atoms with E-state index >= 15 is 0 Å². The molecule has 0 aromatic rings. The average molecular weight is 361 g/mol. The smallest absolute Gasteiger partial charge is 0.0158 e. The van der Waals surface area contributed by atoms with Crippen LogP contribution in [0, 0.1) is 13.0 Å². The third-order valence-corrected chi connectivity index (χ3v) is 3.18. The predicted molar refractivity (Wildman–Crippen MR) is 83.6 cm³/mol. The molecule has 2 rings (SSSR count). The summed E-state index contributed by atoms with van der Waals surface area (Å²) in [5.41, 5.74) is 4.09. The van der Waals surface area contributed by atoms with E-state index < -0.39 is 0 Å². The molecule has 0 aromatic carbocycles. The second kappa shape index (κ2) is 18.2. The summed E-state index contributed by atoms with van der Waals surface area (Å²) in [5.74, 6) is 0. The molecule has 0 N–H and O–H groups in total. The summed E-state index contributed by atoms with van der Waals surface area (Å²) in [6, 6.07) is 0. The molecule has 0 saturated carbocycles. The van der Waals surface area contributed by atoms with Crippen molar-refractivity contribution in [2.24, 2.45) is 0 Å². The number of allylic oxidation sites excluding steroid dienone is 8. The van der Waals surface area contributed by atoms with Gasteiger partial charge in [0.25, 0.3) is 0 Å². The molecule has 0 aliphatic heterocycles. The van der Waals surface area contributed by atoms with Gasteiger partial charge in [-0.25, -0.2) is 11.6 Å². The van der Waals surface area contributed by atoms with Gasteiger partial charge >= 0.3 is 44.1 Å². The molecule has 0 heterocycles. The van der Waals surface area contributed by atoms with Crippen LogP contribution in [0.1, 0.15) is 52.9 Å². The van der Waals surface area contributed by atoms with Crippen molar-refractivity contribution in [1.29, 1.82) is 0 Å². The number of rotatable bonds is 3. The first kappa shape index (κ1) is 26.0. The van der Waals surface area contributed by atoms with Crippen LogP contribution < -0.4 is 24.8 Å². The zero-order valence-electron chi connectivity index (χ0n) is 13.4. The minimum atomic E-state index is 0. The average Bonchev–Trinajstić information content (AvgIpc) is 3.03. The Balaban J connectivity index is -0.000000225. The first-order valence-electron chi connectivity index (χ1n) is 7.03. The van der Waals surface area contributed by atoms with Crippen LogP contribution in [0.3, 0.4) is 0 Å². The van der Waals surface area contributed by atoms with E-state index in [9.17, 15) is 0 Å². The maximum absolute atomic E-state index is 3.76. The number of hydrogen-bond acceptors (Lipinski definition) is 0. The van der Waals surface area contributed by atoms with E-state index in [-0.39, 0.29) is 24.8 Å². The zero-order chi connectivity index (χ0) is 14.5. The summed E-state index contributed by atoms with van der Waals surface area (Å²) in [5, 5.41) is 0. The Morgan fingerprint density at radius 2 is 1.95 bits per heavy atom. The van der Waals surface area contributed by atoms with Gasteiger partial charge in [0.05, 0.1) is 0 Å². The normalized spacial score (nSPS) is 14.1. The standard InChI is InChI=1S/2C7H9.C4H8.2ClH.Ti/c1-6-3-4-7(2)5-6;1-2-7-5-3-4-6-7;1-3-4-2;;;/h3H,4H2,1-2H3;3-5H,1-2,6H2;1H,3-4H2,2H3;2*1H;/q2*-1;;;;+2/p-2. The summed E-state index contributed by atoms with van der Waals surface area (Å²) < 4.78 is 2.18. The van der Waals surface area contributed by atoms with E-state index in [2.05, 4.69) is 82.4 Å². The third-order valence-electron chi connectivity index (χ3n) is 2.73. The van der Waals surface area contributed by atoms with Gasteiger partial charge in [0, 0.05) is 0 Å². The maximum atomic E-state index is 3.76. The van der Waals surface area contributed by atoms with Gasteiger partial charge in [-0.05, 0) is 6.42 Å². The maximum Gasteiger partial charge on any atom is -0.0158 e. The molecule has 3 heteroatoms. The van der Waals surface area contributed by atoms with Crippen molar-refractivity contribution in [1.82, 2.24) is 0 Å². The quantitative estimate of drug-likeness (QED) is 0.462. The number of halogens is 2. The second-order valence-corrected chi connectivity index (χ2v) is 5.33. The molecule has 0 radical (unpaired) electrons. The summed E-state index contributed by atoms with van der Waals surface area (Å²) >= 11 is 2.09. The van der Waals surface area contributed by atoms with Crippen molar-refractivity contribution < 1.29 is 44.8 Å². The Kier molecular flexibility index (Phi) is 22.5. The Bertz CT molecular complexity index is 377. The Hall–Kier alpha value is 0.124. The molecule has 0 bridgehead atoms. The third kappa shape index (κ3) is 16.3. The van der Waals surface area contributed by atoms with Crippen molar-refractivity contribution in [3.05, 3.63) is 54.0 Å². The van der Waals surface area contributed by atoms with Crippen LogP contribution in [0.15, 0.2) is 41.0 Å². The zero-order valence-corrected chi connectivity index (χ0v) is 16.5. The van der Waals surface area contributed by atoms with Gasteiger partial charge < -0.3 is 31.7 Å². The van der Waals surface area contributed by atoms with Crippen molar-refractivity contribution in [2.75, 3.05) is 0 Å². The predicted octanol–water partition coefficient (Wildman–Crippen LogP) is -0.674. The topological polar surface area (TPSA) is 0 Å². The van der Waals surface area contributed by atoms with Crippen molar-refractivity contribution >= 4 is 4.31 Å². The molecule has 0 atom stereocenters. The van der Waals surface area contributed by atoms with E-state index in [0.29, 0.717) is 0 Å². The van der Waals surface area contributed by atoms with Gasteiger partial charge in [-0.2, -0.15) is 12.0 Å². The van der Waals surface area contributed by atoms with Crippen LogP contribution in [0.5, 0.6) is 0 Å². The van der Waals surface area contributed by atoms with Gasteiger partial charge in [-0.3, -0.25) is 6.08 Å². The molecule has 2 aliphatic rings. The van der Waals surface area contributed by atoms with Gasteiger partial charge in [-0.15, -0.1) is 0 Å². The van der Waals surface area contributed by atoms with Gasteiger partial charge in [0.1, 0.15) is 0 Å². The van der Waals surface area contributed by atoms with E-state index in [0.717, 1.165) is 19.3 Å². The molecule has 0 fully saturated rings. The summed E-state index contributed by atoms with van der Waals surface area (Å²) in [6.45, 7) is 10.1.